The van der Waals surface area contributed by atoms with Crippen molar-refractivity contribution in [1.29, 1.82) is 0 Å². The minimum Gasteiger partial charge on any atom is -0.497 e. The van der Waals surface area contributed by atoms with Gasteiger partial charge in [-0.15, -0.1) is 0 Å². The van der Waals surface area contributed by atoms with Crippen molar-refractivity contribution in [3.8, 4) is 11.5 Å². The van der Waals surface area contributed by atoms with Gasteiger partial charge in [-0.25, -0.2) is 0 Å². The van der Waals surface area contributed by atoms with Gasteiger partial charge >= 0.3 is 0 Å². The number of halogens is 2. The molecule has 0 unspecified atom stereocenters. The number of ether oxygens (including phenoxy) is 4. The summed E-state index contributed by atoms with van der Waals surface area (Å²) in [4.78, 5) is 0. The summed E-state index contributed by atoms with van der Waals surface area (Å²) in [6.45, 7) is 5.09. The molecule has 0 saturated carbocycles. The van der Waals surface area contributed by atoms with Gasteiger partial charge in [0.25, 0.3) is 5.92 Å². The summed E-state index contributed by atoms with van der Waals surface area (Å²) in [5.41, 5.74) is 1.65. The average Bonchev–Trinajstić information content (AvgIpc) is 2.84. The Morgan fingerprint density at radius 3 is 2.71 bits per heavy atom. The monoisotopic (exact) mass is 493 g/mol. The van der Waals surface area contributed by atoms with Crippen molar-refractivity contribution in [2.24, 2.45) is 0 Å². The molecule has 3 rings (SSSR count). The second-order valence-electron chi connectivity index (χ2n) is 9.28. The number of alkyl halides is 2. The van der Waals surface area contributed by atoms with E-state index < -0.39 is 24.4 Å². The van der Waals surface area contributed by atoms with E-state index in [0.29, 0.717) is 25.5 Å². The number of rotatable bonds is 14. The Labute approximate surface area is 206 Å². The van der Waals surface area contributed by atoms with Gasteiger partial charge in [-0.2, -0.15) is 8.78 Å². The van der Waals surface area contributed by atoms with Gasteiger partial charge < -0.3 is 29.4 Å². The molecule has 0 bridgehead atoms. The van der Waals surface area contributed by atoms with Crippen LogP contribution in [-0.4, -0.2) is 44.3 Å². The van der Waals surface area contributed by atoms with Crippen LogP contribution in [0.1, 0.15) is 62.3 Å². The van der Waals surface area contributed by atoms with Crippen LogP contribution in [0.5, 0.6) is 11.5 Å². The molecule has 1 aliphatic heterocycles. The second-order valence-corrected chi connectivity index (χ2v) is 9.28. The summed E-state index contributed by atoms with van der Waals surface area (Å²) >= 11 is 0. The highest BCUT2D eigenvalue weighted by molar-refractivity contribution is 5.39. The van der Waals surface area contributed by atoms with E-state index in [4.69, 9.17) is 18.9 Å². The quantitative estimate of drug-likeness (QED) is 0.347. The van der Waals surface area contributed by atoms with Crippen LogP contribution < -0.4 is 14.8 Å². The number of methoxy groups -OCH3 is 1. The molecule has 1 aliphatic rings. The molecule has 2 N–H and O–H groups in total. The van der Waals surface area contributed by atoms with Gasteiger partial charge in [-0.05, 0) is 49.2 Å². The van der Waals surface area contributed by atoms with Crippen molar-refractivity contribution in [2.75, 3.05) is 33.4 Å². The summed E-state index contributed by atoms with van der Waals surface area (Å²) in [7, 11) is 1.45. The van der Waals surface area contributed by atoms with E-state index >= 15 is 0 Å². The van der Waals surface area contributed by atoms with Crippen LogP contribution in [0.25, 0.3) is 0 Å². The third-order valence-corrected chi connectivity index (χ3v) is 5.91. The molecule has 0 amide bonds. The SMILES string of the molecule is COc1cccc(C(F)(F)COCCCCCCNC[C@@H](O)c2ccc3c(c2)COC(C)(C)O3)c1. The number of benzene rings is 2. The molecule has 0 aliphatic carbocycles. The lowest BCUT2D eigenvalue weighted by Crippen LogP contribution is -2.35. The molecule has 2 aromatic carbocycles. The third kappa shape index (κ3) is 8.42. The summed E-state index contributed by atoms with van der Waals surface area (Å²) in [6, 6.07) is 11.6. The fourth-order valence-electron chi connectivity index (χ4n) is 3.86. The molecule has 0 fully saturated rings. The lowest BCUT2D eigenvalue weighted by Gasteiger charge is -2.33. The summed E-state index contributed by atoms with van der Waals surface area (Å²) in [5, 5.41) is 13.7. The first-order valence-electron chi connectivity index (χ1n) is 12.1. The smallest absolute Gasteiger partial charge is 0.296 e. The minimum atomic E-state index is -3.05. The fraction of sp³-hybridized carbons (Fsp3) is 0.556. The maximum absolute atomic E-state index is 14.3. The van der Waals surface area contributed by atoms with Crippen LogP contribution in [0.15, 0.2) is 42.5 Å². The highest BCUT2D eigenvalue weighted by atomic mass is 19.3. The molecule has 0 aromatic heterocycles. The van der Waals surface area contributed by atoms with Gasteiger partial charge in [0.2, 0.25) is 5.79 Å². The minimum absolute atomic E-state index is 0.105. The fourth-order valence-corrected chi connectivity index (χ4v) is 3.86. The van der Waals surface area contributed by atoms with Gasteiger partial charge in [-0.1, -0.05) is 31.0 Å². The number of unbranched alkanes of at least 4 members (excludes halogenated alkanes) is 3. The number of fused-ring (bicyclic) bond motifs is 1. The zero-order valence-corrected chi connectivity index (χ0v) is 20.8. The van der Waals surface area contributed by atoms with Gasteiger partial charge in [0.05, 0.1) is 19.8 Å². The Balaban J connectivity index is 1.24. The molecule has 0 saturated heterocycles. The van der Waals surface area contributed by atoms with E-state index in [2.05, 4.69) is 5.32 Å². The highest BCUT2D eigenvalue weighted by Gasteiger charge is 2.32. The number of nitrogens with one attached hydrogen (secondary N) is 1. The van der Waals surface area contributed by atoms with Gasteiger partial charge in [0, 0.05) is 38.1 Å². The zero-order chi connectivity index (χ0) is 25.3. The van der Waals surface area contributed by atoms with Crippen LogP contribution >= 0.6 is 0 Å². The largest absolute Gasteiger partial charge is 0.497 e. The lowest BCUT2D eigenvalue weighted by atomic mass is 10.0. The Morgan fingerprint density at radius 2 is 1.91 bits per heavy atom. The molecule has 8 heteroatoms. The Morgan fingerprint density at radius 1 is 1.11 bits per heavy atom. The average molecular weight is 494 g/mol. The standard InChI is InChI=1S/C27H37F2NO5/c1-26(2)34-18-21-15-20(11-12-25(21)35-26)24(31)17-30-13-6-4-5-7-14-33-19-27(28,29)22-9-8-10-23(16-22)32-3/h8-12,15-16,24,30-31H,4-7,13-14,17-19H2,1-3H3/t24-/m1/s1. The topological polar surface area (TPSA) is 69.2 Å². The molecule has 0 radical (unpaired) electrons. The van der Waals surface area contributed by atoms with E-state index in [0.717, 1.165) is 49.1 Å². The van der Waals surface area contributed by atoms with E-state index in [9.17, 15) is 13.9 Å². The molecule has 1 heterocycles. The first-order valence-corrected chi connectivity index (χ1v) is 12.1. The van der Waals surface area contributed by atoms with Gasteiger partial charge in [0.1, 0.15) is 18.1 Å². The Bertz CT molecular complexity index is 938. The molecule has 0 spiro atoms. The number of hydrogen-bond acceptors (Lipinski definition) is 6. The number of aliphatic hydroxyl groups excluding tert-OH is 1. The molecule has 2 aromatic rings. The van der Waals surface area contributed by atoms with E-state index in [1.807, 2.05) is 32.0 Å². The van der Waals surface area contributed by atoms with E-state index in [-0.39, 0.29) is 5.56 Å². The zero-order valence-electron chi connectivity index (χ0n) is 20.8. The van der Waals surface area contributed by atoms with Crippen LogP contribution in [0.3, 0.4) is 0 Å². The molecule has 194 valence electrons. The number of aliphatic hydroxyl groups is 1. The highest BCUT2D eigenvalue weighted by Crippen LogP contribution is 2.33. The molecular weight excluding hydrogens is 456 g/mol. The molecule has 35 heavy (non-hydrogen) atoms. The molecule has 6 nitrogen and oxygen atoms in total. The van der Waals surface area contributed by atoms with E-state index in [1.165, 1.54) is 19.2 Å². The van der Waals surface area contributed by atoms with Gasteiger partial charge in [-0.3, -0.25) is 0 Å². The van der Waals surface area contributed by atoms with Crippen molar-refractivity contribution in [3.05, 3.63) is 59.2 Å². The Hall–Kier alpha value is -2.26. The first kappa shape index (κ1) is 27.3. The summed E-state index contributed by atoms with van der Waals surface area (Å²) < 4.78 is 50.2. The van der Waals surface area contributed by atoms with Crippen molar-refractivity contribution in [3.63, 3.8) is 0 Å². The Kier molecular flexibility index (Phi) is 9.86. The van der Waals surface area contributed by atoms with Gasteiger partial charge in [0.15, 0.2) is 0 Å². The normalized spacial score (nSPS) is 15.8. The molecule has 1 atom stereocenters. The van der Waals surface area contributed by atoms with Crippen LogP contribution in [-0.2, 0) is 22.0 Å². The maximum Gasteiger partial charge on any atom is 0.296 e. The van der Waals surface area contributed by atoms with E-state index in [1.54, 1.807) is 12.1 Å². The van der Waals surface area contributed by atoms with Crippen molar-refractivity contribution >= 4 is 0 Å². The predicted molar refractivity (Wildman–Crippen MR) is 130 cm³/mol. The van der Waals surface area contributed by atoms with Crippen molar-refractivity contribution in [1.82, 2.24) is 5.32 Å². The van der Waals surface area contributed by atoms with Crippen molar-refractivity contribution in [2.45, 2.75) is 64.0 Å². The predicted octanol–water partition coefficient (Wildman–Crippen LogP) is 5.33. The maximum atomic E-state index is 14.3. The number of hydrogen-bond donors (Lipinski definition) is 2. The van der Waals surface area contributed by atoms with Crippen LogP contribution in [0.4, 0.5) is 8.78 Å². The van der Waals surface area contributed by atoms with Crippen molar-refractivity contribution < 1.29 is 32.8 Å². The van der Waals surface area contributed by atoms with Crippen LogP contribution in [0.2, 0.25) is 0 Å². The summed E-state index contributed by atoms with van der Waals surface area (Å²) in [6.07, 6.45) is 2.91. The lowest BCUT2D eigenvalue weighted by molar-refractivity contribution is -0.180. The second kappa shape index (κ2) is 12.6. The first-order chi connectivity index (χ1) is 16.7. The third-order valence-electron chi connectivity index (χ3n) is 5.91. The molecular formula is C27H37F2NO5. The summed E-state index contributed by atoms with van der Waals surface area (Å²) in [5.74, 6) is -2.49. The van der Waals surface area contributed by atoms with Crippen LogP contribution in [0, 0.1) is 0 Å².